The van der Waals surface area contributed by atoms with Gasteiger partial charge in [0.1, 0.15) is 0 Å². The molecule has 0 heterocycles. The predicted molar refractivity (Wildman–Crippen MR) is 50.8 cm³/mol. The van der Waals surface area contributed by atoms with Gasteiger partial charge in [-0.05, 0) is 29.3 Å². The zero-order valence-corrected chi connectivity index (χ0v) is 8.32. The van der Waals surface area contributed by atoms with Crippen molar-refractivity contribution in [2.75, 3.05) is 5.75 Å². The molecule has 0 radical (unpaired) electrons. The molecule has 0 saturated carbocycles. The fourth-order valence-corrected chi connectivity index (χ4v) is 1.40. The van der Waals surface area contributed by atoms with Crippen LogP contribution in [-0.4, -0.2) is 5.75 Å². The van der Waals surface area contributed by atoms with E-state index in [1.54, 1.807) is 0 Å². The highest BCUT2D eigenvalue weighted by Gasteiger charge is 1.89. The lowest BCUT2D eigenvalue weighted by Crippen LogP contribution is -1.87. The highest BCUT2D eigenvalue weighted by Crippen LogP contribution is 2.14. The average Bonchev–Trinajstić information content (AvgIpc) is 1.63. The summed E-state index contributed by atoms with van der Waals surface area (Å²) in [7, 11) is 2.68. The fraction of sp³-hybridized carbons (Fsp3) is 0.714. The fourth-order valence-electron chi connectivity index (χ4n) is 0.372. The Bertz CT molecular complexity index is 93.1. The van der Waals surface area contributed by atoms with E-state index in [0.29, 0.717) is 0 Å². The number of hydrogen-bond donors (Lipinski definition) is 0. The normalized spacial score (nSPS) is 12.8. The van der Waals surface area contributed by atoms with Crippen LogP contribution >= 0.6 is 21.0 Å². The SMILES string of the molecule is C/C(P)=C\SCC(C)C. The van der Waals surface area contributed by atoms with E-state index in [9.17, 15) is 0 Å². The van der Waals surface area contributed by atoms with E-state index in [0.717, 1.165) is 5.92 Å². The maximum atomic E-state index is 2.68. The van der Waals surface area contributed by atoms with Gasteiger partial charge in [0.25, 0.3) is 0 Å². The summed E-state index contributed by atoms with van der Waals surface area (Å²) in [5.74, 6) is 2.03. The Balaban J connectivity index is 3.20. The van der Waals surface area contributed by atoms with Crippen LogP contribution in [0.25, 0.3) is 0 Å². The van der Waals surface area contributed by atoms with Gasteiger partial charge < -0.3 is 0 Å². The van der Waals surface area contributed by atoms with Crippen LogP contribution < -0.4 is 0 Å². The van der Waals surface area contributed by atoms with Gasteiger partial charge in [0.2, 0.25) is 0 Å². The topological polar surface area (TPSA) is 0 Å². The largest absolute Gasteiger partial charge is 0.134 e. The Morgan fingerprint density at radius 1 is 1.67 bits per heavy atom. The van der Waals surface area contributed by atoms with Crippen LogP contribution in [-0.2, 0) is 0 Å². The molecule has 2 heteroatoms. The first kappa shape index (κ1) is 9.52. The first-order valence-electron chi connectivity index (χ1n) is 3.16. The summed E-state index contributed by atoms with van der Waals surface area (Å²) in [6.07, 6.45) is 0. The molecule has 9 heavy (non-hydrogen) atoms. The molecule has 0 aliphatic heterocycles. The second kappa shape index (κ2) is 5.32. The third kappa shape index (κ3) is 8.52. The van der Waals surface area contributed by atoms with Crippen LogP contribution in [0.2, 0.25) is 0 Å². The van der Waals surface area contributed by atoms with Crippen LogP contribution in [0.5, 0.6) is 0 Å². The summed E-state index contributed by atoms with van der Waals surface area (Å²) < 4.78 is 0. The highest BCUT2D eigenvalue weighted by atomic mass is 32.2. The van der Waals surface area contributed by atoms with Gasteiger partial charge in [-0.1, -0.05) is 13.8 Å². The quantitative estimate of drug-likeness (QED) is 0.574. The molecule has 0 nitrogen and oxygen atoms in total. The second-order valence-corrected chi connectivity index (χ2v) is 4.40. The van der Waals surface area contributed by atoms with E-state index in [2.05, 4.69) is 35.4 Å². The predicted octanol–water partition coefficient (Wildman–Crippen LogP) is 3.11. The van der Waals surface area contributed by atoms with Crippen LogP contribution in [0.15, 0.2) is 10.7 Å². The van der Waals surface area contributed by atoms with E-state index >= 15 is 0 Å². The Hall–Kier alpha value is 0.520. The molecule has 0 fully saturated rings. The molecule has 0 amide bonds. The van der Waals surface area contributed by atoms with Crippen molar-refractivity contribution in [2.24, 2.45) is 5.92 Å². The highest BCUT2D eigenvalue weighted by molar-refractivity contribution is 8.02. The van der Waals surface area contributed by atoms with E-state index < -0.39 is 0 Å². The average molecular weight is 162 g/mol. The summed E-state index contributed by atoms with van der Waals surface area (Å²) in [6.45, 7) is 6.57. The third-order valence-corrected chi connectivity index (χ3v) is 2.50. The monoisotopic (exact) mass is 162 g/mol. The van der Waals surface area contributed by atoms with E-state index in [4.69, 9.17) is 0 Å². The molecule has 0 rings (SSSR count). The molecule has 0 aromatic heterocycles. The molecule has 1 atom stereocenters. The van der Waals surface area contributed by atoms with Gasteiger partial charge in [-0.3, -0.25) is 0 Å². The minimum absolute atomic E-state index is 0.801. The summed E-state index contributed by atoms with van der Waals surface area (Å²) >= 11 is 1.89. The first-order valence-corrected chi connectivity index (χ1v) is 4.79. The lowest BCUT2D eigenvalue weighted by molar-refractivity contribution is 0.751. The number of rotatable bonds is 3. The van der Waals surface area contributed by atoms with Crippen molar-refractivity contribution >= 4 is 21.0 Å². The standard InChI is InChI=1S/C7H15PS/c1-6(2)4-9-5-7(3)8/h5-6H,4,8H2,1-3H3/b7-5+. The summed E-state index contributed by atoms with van der Waals surface area (Å²) in [5.41, 5.74) is 0. The van der Waals surface area contributed by atoms with Gasteiger partial charge in [-0.2, -0.15) is 0 Å². The van der Waals surface area contributed by atoms with Crippen molar-refractivity contribution < 1.29 is 0 Å². The van der Waals surface area contributed by atoms with Gasteiger partial charge in [-0.25, -0.2) is 0 Å². The van der Waals surface area contributed by atoms with Gasteiger partial charge >= 0.3 is 0 Å². The Kier molecular flexibility index (Phi) is 5.62. The maximum absolute atomic E-state index is 2.68. The molecule has 0 N–H and O–H groups in total. The van der Waals surface area contributed by atoms with Gasteiger partial charge in [0, 0.05) is 0 Å². The van der Waals surface area contributed by atoms with Crippen molar-refractivity contribution in [1.82, 2.24) is 0 Å². The summed E-state index contributed by atoms with van der Waals surface area (Å²) in [6, 6.07) is 0. The van der Waals surface area contributed by atoms with Crippen LogP contribution in [0, 0.1) is 5.92 Å². The van der Waals surface area contributed by atoms with Gasteiger partial charge in [0.05, 0.1) is 0 Å². The van der Waals surface area contributed by atoms with Gasteiger partial charge in [0.15, 0.2) is 0 Å². The van der Waals surface area contributed by atoms with E-state index in [1.165, 1.54) is 11.1 Å². The van der Waals surface area contributed by atoms with Crippen LogP contribution in [0.4, 0.5) is 0 Å². The molecular formula is C7H15PS. The number of allylic oxidation sites excluding steroid dienone is 1. The minimum atomic E-state index is 0.801. The first-order chi connectivity index (χ1) is 4.13. The van der Waals surface area contributed by atoms with Crippen molar-refractivity contribution in [3.63, 3.8) is 0 Å². The molecule has 0 aliphatic carbocycles. The minimum Gasteiger partial charge on any atom is -0.134 e. The Morgan fingerprint density at radius 3 is 2.56 bits per heavy atom. The molecule has 0 aromatic rings. The molecule has 0 aromatic carbocycles. The molecular weight excluding hydrogens is 147 g/mol. The molecule has 1 unspecified atom stereocenters. The number of thioether (sulfide) groups is 1. The molecule has 0 aliphatic rings. The zero-order valence-electron chi connectivity index (χ0n) is 6.35. The molecule has 54 valence electrons. The van der Waals surface area contributed by atoms with Gasteiger partial charge in [-0.15, -0.1) is 21.0 Å². The van der Waals surface area contributed by atoms with E-state index in [-0.39, 0.29) is 0 Å². The van der Waals surface area contributed by atoms with Crippen LogP contribution in [0.3, 0.4) is 0 Å². The zero-order chi connectivity index (χ0) is 7.28. The van der Waals surface area contributed by atoms with Crippen molar-refractivity contribution in [2.45, 2.75) is 20.8 Å². The van der Waals surface area contributed by atoms with E-state index in [1.807, 2.05) is 11.8 Å². The maximum Gasteiger partial charge on any atom is -0.000273 e. The lowest BCUT2D eigenvalue weighted by atomic mass is 10.3. The smallest absolute Gasteiger partial charge is 0.000273 e. The van der Waals surface area contributed by atoms with Crippen molar-refractivity contribution in [3.05, 3.63) is 10.7 Å². The Morgan fingerprint density at radius 2 is 2.22 bits per heavy atom. The second-order valence-electron chi connectivity index (χ2n) is 2.59. The number of hydrogen-bond acceptors (Lipinski definition) is 1. The van der Waals surface area contributed by atoms with Crippen molar-refractivity contribution in [1.29, 1.82) is 0 Å². The third-order valence-electron chi connectivity index (χ3n) is 0.699. The lowest BCUT2D eigenvalue weighted by Gasteiger charge is -1.98. The molecule has 0 saturated heterocycles. The van der Waals surface area contributed by atoms with Crippen molar-refractivity contribution in [3.8, 4) is 0 Å². The van der Waals surface area contributed by atoms with Crippen LogP contribution in [0.1, 0.15) is 20.8 Å². The summed E-state index contributed by atoms with van der Waals surface area (Å²) in [4.78, 5) is 0. The Labute approximate surface area is 64.7 Å². The molecule has 0 bridgehead atoms. The molecule has 0 spiro atoms. The summed E-state index contributed by atoms with van der Waals surface area (Å²) in [5, 5.41) is 3.51.